The van der Waals surface area contributed by atoms with Crippen molar-refractivity contribution in [2.45, 2.75) is 23.7 Å². The van der Waals surface area contributed by atoms with Crippen molar-refractivity contribution in [1.82, 2.24) is 14.6 Å². The molecule has 0 aliphatic carbocycles. The Bertz CT molecular complexity index is 1170. The van der Waals surface area contributed by atoms with Crippen molar-refractivity contribution in [3.8, 4) is 12.3 Å². The molecule has 6 nitrogen and oxygen atoms in total. The van der Waals surface area contributed by atoms with E-state index in [1.165, 1.54) is 23.2 Å². The van der Waals surface area contributed by atoms with E-state index in [0.29, 0.717) is 24.6 Å². The highest BCUT2D eigenvalue weighted by Crippen LogP contribution is 2.30. The minimum absolute atomic E-state index is 0.0751. The van der Waals surface area contributed by atoms with Crippen molar-refractivity contribution < 1.29 is 13.2 Å². The summed E-state index contributed by atoms with van der Waals surface area (Å²) in [5, 5.41) is 1.21. The molecule has 0 atom stereocenters. The van der Waals surface area contributed by atoms with E-state index in [1.54, 1.807) is 12.1 Å². The number of hydrogen-bond acceptors (Lipinski definition) is 3. The summed E-state index contributed by atoms with van der Waals surface area (Å²) < 4.78 is 26.5. The molecule has 1 fully saturated rings. The van der Waals surface area contributed by atoms with E-state index in [-0.39, 0.29) is 17.3 Å². The molecule has 154 valence electrons. The lowest BCUT2D eigenvalue weighted by molar-refractivity contribution is 0.0712. The topological polar surface area (TPSA) is 82.3 Å². The fourth-order valence-corrected chi connectivity index (χ4v) is 4.82. The number of fused-ring (bicyclic) bond motifs is 1. The number of aromatic nitrogens is 1. The molecule has 1 saturated heterocycles. The number of benzene rings is 2. The first-order chi connectivity index (χ1) is 14.5. The van der Waals surface area contributed by atoms with Gasteiger partial charge in [-0.25, -0.2) is 8.42 Å². The maximum atomic E-state index is 12.8. The Morgan fingerprint density at radius 1 is 1.13 bits per heavy atom. The number of amides is 1. The second-order valence-electron chi connectivity index (χ2n) is 7.43. The highest BCUT2D eigenvalue weighted by Gasteiger charge is 2.26. The van der Waals surface area contributed by atoms with Gasteiger partial charge in [0.25, 0.3) is 5.91 Å². The minimum Gasteiger partial charge on any atom is -0.358 e. The van der Waals surface area contributed by atoms with Gasteiger partial charge in [0.15, 0.2) is 0 Å². The SMILES string of the molecule is C#CCNS(=O)(=O)c1ccc(C(=O)N2CCC(c3cc4ccccc4[nH]3)CC2)cc1. The summed E-state index contributed by atoms with van der Waals surface area (Å²) in [7, 11) is -3.66. The fourth-order valence-electron chi connectivity index (χ4n) is 3.89. The number of hydrogen-bond donors (Lipinski definition) is 2. The lowest BCUT2D eigenvalue weighted by atomic mass is 9.93. The van der Waals surface area contributed by atoms with Gasteiger partial charge in [0.05, 0.1) is 11.4 Å². The fraction of sp³-hybridized carbons (Fsp3) is 0.261. The number of para-hydroxylation sites is 1. The predicted molar refractivity (Wildman–Crippen MR) is 117 cm³/mol. The summed E-state index contributed by atoms with van der Waals surface area (Å²) in [6, 6.07) is 16.4. The first-order valence-corrected chi connectivity index (χ1v) is 11.4. The second-order valence-corrected chi connectivity index (χ2v) is 9.20. The van der Waals surface area contributed by atoms with Crippen LogP contribution < -0.4 is 4.72 Å². The largest absolute Gasteiger partial charge is 0.358 e. The smallest absolute Gasteiger partial charge is 0.253 e. The van der Waals surface area contributed by atoms with E-state index in [1.807, 2.05) is 17.0 Å². The van der Waals surface area contributed by atoms with Gasteiger partial charge in [-0.15, -0.1) is 6.42 Å². The van der Waals surface area contributed by atoms with Gasteiger partial charge in [-0.05, 0) is 54.6 Å². The maximum Gasteiger partial charge on any atom is 0.253 e. The molecule has 1 aromatic heterocycles. The van der Waals surface area contributed by atoms with E-state index < -0.39 is 10.0 Å². The third kappa shape index (κ3) is 4.11. The molecule has 30 heavy (non-hydrogen) atoms. The Morgan fingerprint density at radius 2 is 1.83 bits per heavy atom. The summed E-state index contributed by atoms with van der Waals surface area (Å²) >= 11 is 0. The predicted octanol–water partition coefficient (Wildman–Crippen LogP) is 3.10. The average molecular weight is 422 g/mol. The number of carbonyl (C=O) groups excluding carboxylic acids is 1. The quantitative estimate of drug-likeness (QED) is 0.621. The number of H-pyrrole nitrogens is 1. The number of likely N-dealkylation sites (tertiary alicyclic amines) is 1. The molecule has 2 aromatic carbocycles. The highest BCUT2D eigenvalue weighted by molar-refractivity contribution is 7.89. The number of nitrogens with one attached hydrogen (secondary N) is 2. The van der Waals surface area contributed by atoms with E-state index in [4.69, 9.17) is 6.42 Å². The molecule has 2 heterocycles. The van der Waals surface area contributed by atoms with Crippen LogP contribution in [0.2, 0.25) is 0 Å². The van der Waals surface area contributed by atoms with Crippen LogP contribution in [0.5, 0.6) is 0 Å². The summed E-state index contributed by atoms with van der Waals surface area (Å²) in [6.45, 7) is 1.26. The summed E-state index contributed by atoms with van der Waals surface area (Å²) in [5.74, 6) is 2.56. The number of nitrogens with zero attached hydrogens (tertiary/aromatic N) is 1. The van der Waals surface area contributed by atoms with Gasteiger partial charge >= 0.3 is 0 Å². The molecule has 1 aliphatic heterocycles. The summed E-state index contributed by atoms with van der Waals surface area (Å²) in [6.07, 6.45) is 6.88. The third-order valence-electron chi connectivity index (χ3n) is 5.55. The van der Waals surface area contributed by atoms with Crippen LogP contribution in [-0.4, -0.2) is 43.8 Å². The Kier molecular flexibility index (Phi) is 5.62. The molecule has 0 spiro atoms. The summed E-state index contributed by atoms with van der Waals surface area (Å²) in [5.41, 5.74) is 2.84. The van der Waals surface area contributed by atoms with Gasteiger partial charge in [0.1, 0.15) is 0 Å². The van der Waals surface area contributed by atoms with Crippen molar-refractivity contribution in [3.05, 3.63) is 65.9 Å². The van der Waals surface area contributed by atoms with Gasteiger partial charge in [-0.1, -0.05) is 24.1 Å². The molecular weight excluding hydrogens is 398 g/mol. The van der Waals surface area contributed by atoms with Crippen LogP contribution in [0.25, 0.3) is 10.9 Å². The average Bonchev–Trinajstić information content (AvgIpc) is 3.22. The first kappa shape index (κ1) is 20.2. The second kappa shape index (κ2) is 8.34. The monoisotopic (exact) mass is 421 g/mol. The van der Waals surface area contributed by atoms with Crippen LogP contribution in [0.15, 0.2) is 59.5 Å². The van der Waals surface area contributed by atoms with Crippen LogP contribution in [0.1, 0.15) is 34.8 Å². The van der Waals surface area contributed by atoms with Crippen LogP contribution in [-0.2, 0) is 10.0 Å². The van der Waals surface area contributed by atoms with E-state index >= 15 is 0 Å². The Hall–Kier alpha value is -3.08. The number of sulfonamides is 1. The zero-order valence-electron chi connectivity index (χ0n) is 16.5. The van der Waals surface area contributed by atoms with Crippen LogP contribution in [0.4, 0.5) is 0 Å². The normalized spacial score (nSPS) is 15.2. The van der Waals surface area contributed by atoms with Crippen molar-refractivity contribution in [2.75, 3.05) is 19.6 Å². The zero-order valence-corrected chi connectivity index (χ0v) is 17.3. The first-order valence-electron chi connectivity index (χ1n) is 9.88. The Morgan fingerprint density at radius 3 is 2.50 bits per heavy atom. The molecule has 0 bridgehead atoms. The molecule has 1 amide bonds. The number of terminal acetylenes is 1. The molecule has 0 radical (unpaired) electrons. The number of aromatic amines is 1. The van der Waals surface area contributed by atoms with Gasteiger partial charge in [0, 0.05) is 35.8 Å². The third-order valence-corrected chi connectivity index (χ3v) is 6.97. The Labute approximate surface area is 176 Å². The van der Waals surface area contributed by atoms with E-state index in [0.717, 1.165) is 18.4 Å². The van der Waals surface area contributed by atoms with Crippen LogP contribution in [0.3, 0.4) is 0 Å². The van der Waals surface area contributed by atoms with Gasteiger partial charge < -0.3 is 9.88 Å². The van der Waals surface area contributed by atoms with Crippen LogP contribution in [0, 0.1) is 12.3 Å². The summed E-state index contributed by atoms with van der Waals surface area (Å²) in [4.78, 5) is 18.3. The van der Waals surface area contributed by atoms with Crippen molar-refractivity contribution in [3.63, 3.8) is 0 Å². The molecule has 1 aliphatic rings. The molecule has 0 unspecified atom stereocenters. The van der Waals surface area contributed by atoms with E-state index in [2.05, 4.69) is 33.8 Å². The lowest BCUT2D eigenvalue weighted by Crippen LogP contribution is -2.38. The molecule has 0 saturated carbocycles. The Balaban J connectivity index is 1.40. The van der Waals surface area contributed by atoms with Crippen molar-refractivity contribution in [1.29, 1.82) is 0 Å². The molecule has 7 heteroatoms. The number of rotatable bonds is 5. The van der Waals surface area contributed by atoms with Crippen molar-refractivity contribution in [2.24, 2.45) is 0 Å². The zero-order chi connectivity index (χ0) is 21.1. The van der Waals surface area contributed by atoms with Gasteiger partial charge in [0.2, 0.25) is 10.0 Å². The van der Waals surface area contributed by atoms with Crippen molar-refractivity contribution >= 4 is 26.8 Å². The lowest BCUT2D eigenvalue weighted by Gasteiger charge is -2.31. The van der Waals surface area contributed by atoms with Gasteiger partial charge in [-0.3, -0.25) is 4.79 Å². The highest BCUT2D eigenvalue weighted by atomic mass is 32.2. The molecular formula is C23H23N3O3S. The number of piperidine rings is 1. The molecule has 4 rings (SSSR count). The van der Waals surface area contributed by atoms with Gasteiger partial charge in [-0.2, -0.15) is 4.72 Å². The minimum atomic E-state index is -3.66. The number of carbonyl (C=O) groups is 1. The standard InChI is InChI=1S/C23H23N3O3S/c1-2-13-24-30(28,29)20-9-7-18(8-10-20)23(27)26-14-11-17(12-15-26)22-16-19-5-3-4-6-21(19)25-22/h1,3-10,16-17,24-25H,11-15H2. The molecule has 3 aromatic rings. The van der Waals surface area contributed by atoms with Crippen LogP contribution >= 0.6 is 0 Å². The van der Waals surface area contributed by atoms with E-state index in [9.17, 15) is 13.2 Å². The maximum absolute atomic E-state index is 12.8. The molecule has 2 N–H and O–H groups in total.